The summed E-state index contributed by atoms with van der Waals surface area (Å²) in [6.45, 7) is 4.43. The summed E-state index contributed by atoms with van der Waals surface area (Å²) in [7, 11) is 2.08. The van der Waals surface area contributed by atoms with Crippen molar-refractivity contribution in [1.82, 2.24) is 4.98 Å². The van der Waals surface area contributed by atoms with Crippen molar-refractivity contribution in [1.29, 1.82) is 0 Å². The summed E-state index contributed by atoms with van der Waals surface area (Å²) in [5.41, 5.74) is 16.1. The number of rotatable bonds is 2. The van der Waals surface area contributed by atoms with E-state index in [-0.39, 0.29) is 11.8 Å². The van der Waals surface area contributed by atoms with Crippen LogP contribution in [0.1, 0.15) is 62.8 Å². The minimum absolute atomic E-state index is 0.260. The van der Waals surface area contributed by atoms with Crippen molar-refractivity contribution < 1.29 is 4.57 Å². The van der Waals surface area contributed by atoms with Gasteiger partial charge in [0.25, 0.3) is 6.33 Å². The van der Waals surface area contributed by atoms with Gasteiger partial charge in [0.2, 0.25) is 0 Å². The maximum Gasteiger partial charge on any atom is 0.287 e. The Morgan fingerprint density at radius 2 is 1.24 bits per heavy atom. The smallest absolute Gasteiger partial charge is 0.232 e. The molecule has 1 aromatic heterocycles. The molecule has 0 radical (unpaired) electrons. The second kappa shape index (κ2) is 7.85. The lowest BCUT2D eigenvalue weighted by Gasteiger charge is -2.42. The average Bonchev–Trinajstić information content (AvgIpc) is 3.39. The number of aryl methyl sites for hydroxylation is 3. The van der Waals surface area contributed by atoms with E-state index in [0.29, 0.717) is 0 Å². The first-order valence-electron chi connectivity index (χ1n) is 13.6. The van der Waals surface area contributed by atoms with Crippen LogP contribution in [0, 0.1) is 13.8 Å². The molecule has 4 aliphatic carbocycles. The van der Waals surface area contributed by atoms with Gasteiger partial charge in [0, 0.05) is 29.0 Å². The van der Waals surface area contributed by atoms with Crippen LogP contribution in [0.25, 0.3) is 34.7 Å². The van der Waals surface area contributed by atoms with Gasteiger partial charge in [-0.25, -0.2) is 4.57 Å². The molecule has 0 saturated heterocycles. The zero-order valence-electron chi connectivity index (χ0n) is 22.0. The van der Waals surface area contributed by atoms with Gasteiger partial charge in [0.1, 0.15) is 5.69 Å². The third-order valence-corrected chi connectivity index (χ3v) is 8.98. The molecule has 9 rings (SSSR count). The van der Waals surface area contributed by atoms with Crippen molar-refractivity contribution in [3.05, 3.63) is 140 Å². The molecule has 2 heteroatoms. The monoisotopic (exact) mass is 489 g/mol. The largest absolute Gasteiger partial charge is 0.287 e. The third kappa shape index (κ3) is 2.95. The molecule has 182 valence electrons. The average molecular weight is 490 g/mol. The minimum Gasteiger partial charge on any atom is -0.232 e. The highest BCUT2D eigenvalue weighted by atomic mass is 15.0. The number of hydrogen-bond acceptors (Lipinski definition) is 1. The molecule has 2 bridgehead atoms. The molecule has 4 aromatic carbocycles. The van der Waals surface area contributed by atoms with Crippen LogP contribution >= 0.6 is 0 Å². The Bertz CT molecular complexity index is 1950. The van der Waals surface area contributed by atoms with Gasteiger partial charge < -0.3 is 0 Å². The number of benzene rings is 4. The normalized spacial score (nSPS) is 17.7. The Hall–Kier alpha value is -4.30. The van der Waals surface area contributed by atoms with Gasteiger partial charge in [0.15, 0.2) is 5.69 Å². The maximum absolute atomic E-state index is 4.93. The molecule has 0 N–H and O–H groups in total. The molecule has 0 amide bonds. The summed E-state index contributed by atoms with van der Waals surface area (Å²) >= 11 is 0. The molecule has 0 fully saturated rings. The Labute approximate surface area is 223 Å². The quantitative estimate of drug-likeness (QED) is 0.280. The molecule has 0 saturated carbocycles. The third-order valence-electron chi connectivity index (χ3n) is 8.98. The summed E-state index contributed by atoms with van der Waals surface area (Å²) in [6, 6.07) is 29.8. The van der Waals surface area contributed by atoms with E-state index in [2.05, 4.69) is 116 Å². The van der Waals surface area contributed by atoms with E-state index in [4.69, 9.17) is 4.98 Å². The van der Waals surface area contributed by atoms with E-state index < -0.39 is 0 Å². The molecule has 2 unspecified atom stereocenters. The summed E-state index contributed by atoms with van der Waals surface area (Å²) in [5, 5.41) is 2.79. The lowest BCUT2D eigenvalue weighted by atomic mass is 9.60. The van der Waals surface area contributed by atoms with Crippen LogP contribution in [0.3, 0.4) is 0 Å². The molecule has 2 atom stereocenters. The van der Waals surface area contributed by atoms with Gasteiger partial charge in [-0.2, -0.15) is 0 Å². The highest BCUT2D eigenvalue weighted by Gasteiger charge is 2.41. The Morgan fingerprint density at radius 3 is 1.92 bits per heavy atom. The fourth-order valence-electron chi connectivity index (χ4n) is 7.15. The number of aromatic nitrogens is 2. The van der Waals surface area contributed by atoms with Crippen LogP contribution in [0.2, 0.25) is 0 Å². The molecule has 5 aromatic rings. The van der Waals surface area contributed by atoms with E-state index in [1.54, 1.807) is 0 Å². The Morgan fingerprint density at radius 1 is 0.632 bits per heavy atom. The molecule has 38 heavy (non-hydrogen) atoms. The van der Waals surface area contributed by atoms with E-state index >= 15 is 0 Å². The molecule has 1 heterocycles. The van der Waals surface area contributed by atoms with Crippen molar-refractivity contribution in [2.24, 2.45) is 7.05 Å². The maximum atomic E-state index is 4.93. The number of fused-ring (bicyclic) bond motifs is 1. The first-order valence-corrected chi connectivity index (χ1v) is 13.6. The second-order valence-electron chi connectivity index (χ2n) is 11.1. The highest BCUT2D eigenvalue weighted by molar-refractivity contribution is 5.76. The van der Waals surface area contributed by atoms with Crippen LogP contribution in [0.4, 0.5) is 0 Å². The number of hydrogen-bond donors (Lipinski definition) is 0. The zero-order valence-corrected chi connectivity index (χ0v) is 22.0. The van der Waals surface area contributed by atoms with Crippen LogP contribution in [0.5, 0.6) is 0 Å². The van der Waals surface area contributed by atoms with E-state index in [1.807, 2.05) is 6.33 Å². The summed E-state index contributed by atoms with van der Waals surface area (Å²) in [5.74, 6) is 0.549. The predicted octanol–water partition coefficient (Wildman–Crippen LogP) is 5.81. The van der Waals surface area contributed by atoms with E-state index in [9.17, 15) is 0 Å². The van der Waals surface area contributed by atoms with Crippen molar-refractivity contribution in [3.8, 4) is 22.5 Å². The lowest BCUT2D eigenvalue weighted by Crippen LogP contribution is -2.33. The first-order chi connectivity index (χ1) is 18.6. The Balaban J connectivity index is 1.35. The molecule has 0 spiro atoms. The van der Waals surface area contributed by atoms with Gasteiger partial charge in [-0.05, 0) is 86.3 Å². The predicted molar refractivity (Wildman–Crippen MR) is 153 cm³/mol. The van der Waals surface area contributed by atoms with Gasteiger partial charge in [-0.15, -0.1) is 0 Å². The highest BCUT2D eigenvalue weighted by Crippen LogP contribution is 2.56. The van der Waals surface area contributed by atoms with Crippen LogP contribution < -0.4 is 15.0 Å². The fourth-order valence-corrected chi connectivity index (χ4v) is 7.15. The summed E-state index contributed by atoms with van der Waals surface area (Å²) in [4.78, 5) is 4.93. The number of nitrogens with zero attached hydrogens (tertiary/aromatic N) is 2. The lowest BCUT2D eigenvalue weighted by molar-refractivity contribution is -0.663. The van der Waals surface area contributed by atoms with Crippen molar-refractivity contribution in [2.45, 2.75) is 32.1 Å². The van der Waals surface area contributed by atoms with Gasteiger partial charge >= 0.3 is 0 Å². The van der Waals surface area contributed by atoms with Crippen molar-refractivity contribution in [3.63, 3.8) is 0 Å². The summed E-state index contributed by atoms with van der Waals surface area (Å²) in [6.07, 6.45) is 7.73. The van der Waals surface area contributed by atoms with Gasteiger partial charge in [-0.3, -0.25) is 0 Å². The van der Waals surface area contributed by atoms with Crippen LogP contribution in [-0.2, 0) is 7.05 Å². The SMILES string of the molecule is Cc1cc2c(cc1-c1cc(-c3ccccc3C)[n+](C)cn1)C1c3ccccc3C2c2cc3c(cc21)=CCC=3. The molecular weight excluding hydrogens is 460 g/mol. The minimum atomic E-state index is 0.260. The standard InChI is InChI=1S/C36H29N2/c1-21-9-4-5-12-25(21)34-19-33(37-20-38(34)3)28-18-32-29(15-22(28)2)35-26-13-6-7-14-27(26)36(32)31-17-24-11-8-10-23(24)16-30(31)35/h4-7,9-20,35-36H,8H2,1-3H3/q+1. The van der Waals surface area contributed by atoms with Crippen LogP contribution in [0.15, 0.2) is 85.2 Å². The molecule has 4 aliphatic rings. The molecular formula is C36H29N2+. The molecule has 2 nitrogen and oxygen atoms in total. The Kier molecular flexibility index (Phi) is 4.49. The van der Waals surface area contributed by atoms with E-state index in [1.165, 1.54) is 71.8 Å². The topological polar surface area (TPSA) is 16.8 Å². The van der Waals surface area contributed by atoms with Gasteiger partial charge in [0.05, 0.1) is 7.05 Å². The summed E-state index contributed by atoms with van der Waals surface area (Å²) < 4.78 is 2.13. The van der Waals surface area contributed by atoms with Crippen molar-refractivity contribution >= 4 is 12.2 Å². The first kappa shape index (κ1) is 21.8. The van der Waals surface area contributed by atoms with E-state index in [0.717, 1.165) is 12.1 Å². The molecule has 0 aliphatic heterocycles. The van der Waals surface area contributed by atoms with Crippen LogP contribution in [-0.4, -0.2) is 4.98 Å². The zero-order chi connectivity index (χ0) is 25.5. The fraction of sp³-hybridized carbons (Fsp3) is 0.167. The van der Waals surface area contributed by atoms with Crippen molar-refractivity contribution in [2.75, 3.05) is 0 Å². The van der Waals surface area contributed by atoms with Gasteiger partial charge in [-0.1, -0.05) is 78.9 Å². The second-order valence-corrected chi connectivity index (χ2v) is 11.1.